The van der Waals surface area contributed by atoms with Gasteiger partial charge in [0, 0.05) is 30.7 Å². The van der Waals surface area contributed by atoms with Gasteiger partial charge in [-0.25, -0.2) is 0 Å². The monoisotopic (exact) mass is 249 g/mol. The third-order valence-corrected chi connectivity index (χ3v) is 4.48. The molecule has 0 unspecified atom stereocenters. The van der Waals surface area contributed by atoms with E-state index in [2.05, 4.69) is 4.90 Å². The molecule has 1 aromatic rings. The fraction of sp³-hybridized carbons (Fsp3) is 0.733. The van der Waals surface area contributed by atoms with E-state index >= 15 is 0 Å². The van der Waals surface area contributed by atoms with E-state index < -0.39 is 0 Å². The van der Waals surface area contributed by atoms with Crippen molar-refractivity contribution < 1.29 is 9.52 Å². The van der Waals surface area contributed by atoms with Crippen LogP contribution in [-0.2, 0) is 6.54 Å². The van der Waals surface area contributed by atoms with E-state index in [0.717, 1.165) is 25.6 Å². The lowest BCUT2D eigenvalue weighted by atomic mass is 9.76. The first-order valence-corrected chi connectivity index (χ1v) is 7.14. The molecule has 3 nitrogen and oxygen atoms in total. The number of aliphatic hydroxyl groups is 1. The lowest BCUT2D eigenvalue weighted by molar-refractivity contribution is 0.0180. The van der Waals surface area contributed by atoms with Crippen LogP contribution in [0.3, 0.4) is 0 Å². The van der Waals surface area contributed by atoms with Crippen LogP contribution in [0, 0.1) is 11.3 Å². The molecule has 1 aliphatic heterocycles. The van der Waals surface area contributed by atoms with E-state index in [1.807, 2.05) is 12.3 Å². The highest BCUT2D eigenvalue weighted by atomic mass is 16.3. The Morgan fingerprint density at radius 2 is 2.33 bits per heavy atom. The van der Waals surface area contributed by atoms with Crippen molar-refractivity contribution in [2.75, 3.05) is 19.7 Å². The number of furan rings is 1. The minimum absolute atomic E-state index is 0.170. The molecule has 2 heterocycles. The second-order valence-electron chi connectivity index (χ2n) is 6.25. The van der Waals surface area contributed by atoms with Crippen LogP contribution in [-0.4, -0.2) is 29.7 Å². The van der Waals surface area contributed by atoms with Crippen LogP contribution >= 0.6 is 0 Å². The first kappa shape index (κ1) is 12.2. The fourth-order valence-corrected chi connectivity index (χ4v) is 3.38. The van der Waals surface area contributed by atoms with Gasteiger partial charge in [0.15, 0.2) is 0 Å². The van der Waals surface area contributed by atoms with Crippen LogP contribution in [0.2, 0.25) is 0 Å². The Bertz CT molecular complexity index is 372. The van der Waals surface area contributed by atoms with Gasteiger partial charge in [-0.1, -0.05) is 12.8 Å². The van der Waals surface area contributed by atoms with Gasteiger partial charge in [0.25, 0.3) is 0 Å². The standard InChI is InChI=1S/C15H23NO2/c17-12-15(8-13-2-3-13)5-1-6-16(11-15)9-14-4-7-18-10-14/h4,7,10,13,17H,1-3,5-6,8-9,11-12H2/t15-/m1/s1. The number of rotatable bonds is 5. The second kappa shape index (κ2) is 5.06. The number of aliphatic hydroxyl groups excluding tert-OH is 1. The molecule has 3 heteroatoms. The zero-order valence-electron chi connectivity index (χ0n) is 11.0. The Morgan fingerprint density at radius 1 is 1.44 bits per heavy atom. The molecular weight excluding hydrogens is 226 g/mol. The summed E-state index contributed by atoms with van der Waals surface area (Å²) in [6.07, 6.45) is 9.96. The van der Waals surface area contributed by atoms with Crippen molar-refractivity contribution in [3.63, 3.8) is 0 Å². The molecular formula is C15H23NO2. The van der Waals surface area contributed by atoms with Crippen LogP contribution in [0.1, 0.15) is 37.7 Å². The van der Waals surface area contributed by atoms with E-state index in [1.54, 1.807) is 6.26 Å². The fourth-order valence-electron chi connectivity index (χ4n) is 3.38. The minimum Gasteiger partial charge on any atom is -0.472 e. The number of likely N-dealkylation sites (tertiary alicyclic amines) is 1. The summed E-state index contributed by atoms with van der Waals surface area (Å²) in [5.74, 6) is 0.894. The molecule has 1 aromatic heterocycles. The number of hydrogen-bond acceptors (Lipinski definition) is 3. The lowest BCUT2D eigenvalue weighted by Gasteiger charge is -2.42. The molecule has 0 aromatic carbocycles. The van der Waals surface area contributed by atoms with Crippen molar-refractivity contribution in [2.24, 2.45) is 11.3 Å². The van der Waals surface area contributed by atoms with E-state index in [4.69, 9.17) is 4.42 Å². The van der Waals surface area contributed by atoms with Gasteiger partial charge in [-0.3, -0.25) is 4.90 Å². The topological polar surface area (TPSA) is 36.6 Å². The summed E-state index contributed by atoms with van der Waals surface area (Å²) in [5, 5.41) is 9.82. The first-order chi connectivity index (χ1) is 8.80. The maximum Gasteiger partial charge on any atom is 0.0947 e. The SMILES string of the molecule is OC[C@@]1(CC2CC2)CCCN(Cc2ccoc2)C1. The third-order valence-electron chi connectivity index (χ3n) is 4.48. The van der Waals surface area contributed by atoms with Crippen molar-refractivity contribution >= 4 is 0 Å². The van der Waals surface area contributed by atoms with Gasteiger partial charge in [-0.15, -0.1) is 0 Å². The quantitative estimate of drug-likeness (QED) is 0.871. The zero-order chi connectivity index (χ0) is 12.4. The second-order valence-corrected chi connectivity index (χ2v) is 6.25. The van der Waals surface area contributed by atoms with Gasteiger partial charge in [-0.2, -0.15) is 0 Å². The highest BCUT2D eigenvalue weighted by Gasteiger charge is 2.39. The molecule has 1 atom stereocenters. The molecule has 18 heavy (non-hydrogen) atoms. The molecule has 1 aliphatic carbocycles. The highest BCUT2D eigenvalue weighted by molar-refractivity contribution is 5.05. The van der Waals surface area contributed by atoms with Gasteiger partial charge in [-0.05, 0) is 37.8 Å². The van der Waals surface area contributed by atoms with Gasteiger partial charge in [0.2, 0.25) is 0 Å². The van der Waals surface area contributed by atoms with E-state index in [1.165, 1.54) is 37.7 Å². The zero-order valence-corrected chi connectivity index (χ0v) is 11.0. The van der Waals surface area contributed by atoms with Gasteiger partial charge < -0.3 is 9.52 Å². The molecule has 100 valence electrons. The van der Waals surface area contributed by atoms with Crippen molar-refractivity contribution in [3.8, 4) is 0 Å². The van der Waals surface area contributed by atoms with Crippen LogP contribution in [0.5, 0.6) is 0 Å². The summed E-state index contributed by atoms with van der Waals surface area (Å²) in [4.78, 5) is 2.48. The van der Waals surface area contributed by atoms with Crippen LogP contribution < -0.4 is 0 Å². The summed E-state index contributed by atoms with van der Waals surface area (Å²) in [5.41, 5.74) is 1.42. The van der Waals surface area contributed by atoms with E-state index in [9.17, 15) is 5.11 Å². The van der Waals surface area contributed by atoms with Crippen molar-refractivity contribution in [1.82, 2.24) is 4.90 Å². The summed E-state index contributed by atoms with van der Waals surface area (Å²) < 4.78 is 5.13. The highest BCUT2D eigenvalue weighted by Crippen LogP contribution is 2.44. The molecule has 0 bridgehead atoms. The van der Waals surface area contributed by atoms with Crippen LogP contribution in [0.4, 0.5) is 0 Å². The van der Waals surface area contributed by atoms with E-state index in [-0.39, 0.29) is 5.41 Å². The Balaban J connectivity index is 1.62. The average molecular weight is 249 g/mol. The Kier molecular flexibility index (Phi) is 3.44. The Hall–Kier alpha value is -0.800. The Morgan fingerprint density at radius 3 is 3.00 bits per heavy atom. The average Bonchev–Trinajstić information content (AvgIpc) is 3.03. The molecule has 1 saturated heterocycles. The van der Waals surface area contributed by atoms with Crippen molar-refractivity contribution in [2.45, 2.75) is 38.6 Å². The smallest absolute Gasteiger partial charge is 0.0947 e. The predicted molar refractivity (Wildman–Crippen MR) is 70.1 cm³/mol. The molecule has 1 N–H and O–H groups in total. The third kappa shape index (κ3) is 2.78. The Labute approximate surface area is 109 Å². The molecule has 2 fully saturated rings. The number of nitrogens with zero attached hydrogens (tertiary/aromatic N) is 1. The largest absolute Gasteiger partial charge is 0.472 e. The summed E-state index contributed by atoms with van der Waals surface area (Å²) in [6.45, 7) is 3.51. The van der Waals surface area contributed by atoms with Gasteiger partial charge in [0.1, 0.15) is 0 Å². The molecule has 0 radical (unpaired) electrons. The first-order valence-electron chi connectivity index (χ1n) is 7.14. The maximum atomic E-state index is 9.82. The minimum atomic E-state index is 0.170. The predicted octanol–water partition coefficient (Wildman–Crippen LogP) is 2.65. The van der Waals surface area contributed by atoms with Gasteiger partial charge >= 0.3 is 0 Å². The van der Waals surface area contributed by atoms with Crippen molar-refractivity contribution in [3.05, 3.63) is 24.2 Å². The molecule has 1 saturated carbocycles. The van der Waals surface area contributed by atoms with Gasteiger partial charge in [0.05, 0.1) is 12.5 Å². The molecule has 2 aliphatic rings. The normalized spacial score (nSPS) is 29.6. The lowest BCUT2D eigenvalue weighted by Crippen LogP contribution is -2.45. The maximum absolute atomic E-state index is 9.82. The van der Waals surface area contributed by atoms with Crippen LogP contribution in [0.25, 0.3) is 0 Å². The summed E-state index contributed by atoms with van der Waals surface area (Å²) in [7, 11) is 0. The van der Waals surface area contributed by atoms with Crippen LogP contribution in [0.15, 0.2) is 23.0 Å². The molecule has 0 spiro atoms. The summed E-state index contributed by atoms with van der Waals surface area (Å²) in [6, 6.07) is 2.04. The number of piperidine rings is 1. The summed E-state index contributed by atoms with van der Waals surface area (Å²) >= 11 is 0. The molecule has 0 amide bonds. The van der Waals surface area contributed by atoms with Crippen molar-refractivity contribution in [1.29, 1.82) is 0 Å². The molecule has 3 rings (SSSR count). The van der Waals surface area contributed by atoms with E-state index in [0.29, 0.717) is 6.61 Å². The number of hydrogen-bond donors (Lipinski definition) is 1.